The molecule has 2 amide bonds. The maximum Gasteiger partial charge on any atom is 0.416 e. The van der Waals surface area contributed by atoms with E-state index in [2.05, 4.69) is 10.6 Å². The summed E-state index contributed by atoms with van der Waals surface area (Å²) in [4.78, 5) is 25.9. The van der Waals surface area contributed by atoms with Crippen LogP contribution in [-0.2, 0) is 17.0 Å². The van der Waals surface area contributed by atoms with Crippen LogP contribution < -0.4 is 10.6 Å². The van der Waals surface area contributed by atoms with Gasteiger partial charge in [0, 0.05) is 50.0 Å². The number of rotatable bonds is 5. The summed E-state index contributed by atoms with van der Waals surface area (Å²) in [5.74, 6) is -3.58. The summed E-state index contributed by atoms with van der Waals surface area (Å²) >= 11 is 6.25. The first-order valence-electron chi connectivity index (χ1n) is 10.7. The number of carbonyl (C=O) groups excluding carboxylic acids is 2. The molecule has 1 aliphatic rings. The van der Waals surface area contributed by atoms with Gasteiger partial charge in [-0.3, -0.25) is 13.8 Å². The molecular formula is C25H18ClF5N2O3S. The average Bonchev–Trinajstić information content (AvgIpc) is 3.15. The number of nitrogens with one attached hydrogen (secondary N) is 2. The summed E-state index contributed by atoms with van der Waals surface area (Å²) in [6, 6.07) is 6.80. The summed E-state index contributed by atoms with van der Waals surface area (Å²) in [6.07, 6.45) is -3.45. The number of hydrogen-bond donors (Lipinski definition) is 2. The second-order valence-corrected chi connectivity index (χ2v) is 10.5. The Balaban J connectivity index is 1.87. The molecule has 0 aromatic heterocycles. The van der Waals surface area contributed by atoms with Crippen molar-refractivity contribution in [1.82, 2.24) is 5.32 Å². The van der Waals surface area contributed by atoms with Crippen molar-refractivity contribution in [2.75, 3.05) is 11.6 Å². The number of halogens is 6. The van der Waals surface area contributed by atoms with Crippen molar-refractivity contribution in [2.45, 2.75) is 24.4 Å². The Morgan fingerprint density at radius 2 is 1.78 bits per heavy atom. The lowest BCUT2D eigenvalue weighted by Gasteiger charge is -2.20. The van der Waals surface area contributed by atoms with Crippen molar-refractivity contribution in [3.63, 3.8) is 0 Å². The largest absolute Gasteiger partial charge is 0.416 e. The molecule has 0 radical (unpaired) electrons. The number of carbonyl (C=O) groups is 2. The van der Waals surface area contributed by atoms with E-state index in [0.717, 1.165) is 12.1 Å². The molecule has 0 saturated heterocycles. The predicted octanol–water partition coefficient (Wildman–Crippen LogP) is 6.16. The lowest BCUT2D eigenvalue weighted by molar-refractivity contribution is -0.137. The first-order valence-corrected chi connectivity index (χ1v) is 12.7. The SMILES string of the molecule is CC(c1cc(NC(=O)c2cc(F)cc(C(F)(F)F)c2)c2c(c1)C(=O)NC2c1cc(F)ccc1Cl)S(C)=O. The molecule has 0 bridgehead atoms. The Hall–Kier alpha value is -3.31. The fourth-order valence-electron chi connectivity index (χ4n) is 4.03. The van der Waals surface area contributed by atoms with Gasteiger partial charge >= 0.3 is 6.18 Å². The Kier molecular flexibility index (Phi) is 7.13. The van der Waals surface area contributed by atoms with Gasteiger partial charge in [-0.25, -0.2) is 8.78 Å². The summed E-state index contributed by atoms with van der Waals surface area (Å²) in [5.41, 5.74) is -1.16. The van der Waals surface area contributed by atoms with Crippen LogP contribution in [0.15, 0.2) is 48.5 Å². The molecule has 0 spiro atoms. The van der Waals surface area contributed by atoms with Gasteiger partial charge in [-0.1, -0.05) is 11.6 Å². The number of anilines is 1. The molecule has 2 N–H and O–H groups in total. The third-order valence-electron chi connectivity index (χ3n) is 5.98. The van der Waals surface area contributed by atoms with Gasteiger partial charge in [-0.2, -0.15) is 13.2 Å². The molecule has 194 valence electrons. The van der Waals surface area contributed by atoms with E-state index in [4.69, 9.17) is 11.6 Å². The van der Waals surface area contributed by atoms with E-state index in [0.29, 0.717) is 17.7 Å². The number of benzene rings is 3. The van der Waals surface area contributed by atoms with Gasteiger partial charge < -0.3 is 10.6 Å². The number of fused-ring (bicyclic) bond motifs is 1. The average molecular weight is 557 g/mol. The molecule has 3 aromatic rings. The zero-order chi connectivity index (χ0) is 27.2. The van der Waals surface area contributed by atoms with E-state index in [1.165, 1.54) is 24.5 Å². The van der Waals surface area contributed by atoms with E-state index in [1.54, 1.807) is 6.92 Å². The molecule has 3 atom stereocenters. The summed E-state index contributed by atoms with van der Waals surface area (Å²) in [5, 5.41) is 4.64. The quantitative estimate of drug-likeness (QED) is 0.370. The van der Waals surface area contributed by atoms with Crippen molar-refractivity contribution < 1.29 is 35.8 Å². The number of hydrogen-bond acceptors (Lipinski definition) is 3. The highest BCUT2D eigenvalue weighted by Crippen LogP contribution is 2.41. The molecule has 12 heteroatoms. The Morgan fingerprint density at radius 3 is 2.43 bits per heavy atom. The van der Waals surface area contributed by atoms with Crippen LogP contribution >= 0.6 is 11.6 Å². The fraction of sp³-hybridized carbons (Fsp3) is 0.200. The zero-order valence-corrected chi connectivity index (χ0v) is 20.7. The topological polar surface area (TPSA) is 75.3 Å². The Bertz CT molecular complexity index is 1460. The Morgan fingerprint density at radius 1 is 1.08 bits per heavy atom. The van der Waals surface area contributed by atoms with E-state index < -0.39 is 62.8 Å². The molecular weight excluding hydrogens is 539 g/mol. The number of amides is 2. The lowest BCUT2D eigenvalue weighted by Crippen LogP contribution is -2.21. The predicted molar refractivity (Wildman–Crippen MR) is 129 cm³/mol. The first kappa shape index (κ1) is 26.7. The highest BCUT2D eigenvalue weighted by Gasteiger charge is 2.36. The van der Waals surface area contributed by atoms with Gasteiger partial charge in [0.2, 0.25) is 0 Å². The summed E-state index contributed by atoms with van der Waals surface area (Å²) in [7, 11) is -1.38. The van der Waals surface area contributed by atoms with E-state index in [9.17, 15) is 35.8 Å². The molecule has 1 heterocycles. The van der Waals surface area contributed by atoms with Crippen LogP contribution in [0.5, 0.6) is 0 Å². The maximum absolute atomic E-state index is 14.0. The highest BCUT2D eigenvalue weighted by atomic mass is 35.5. The van der Waals surface area contributed by atoms with Crippen molar-refractivity contribution in [2.24, 2.45) is 0 Å². The second-order valence-electron chi connectivity index (χ2n) is 8.42. The van der Waals surface area contributed by atoms with Crippen molar-refractivity contribution in [3.05, 3.63) is 98.6 Å². The molecule has 4 rings (SSSR count). The van der Waals surface area contributed by atoms with Gasteiger partial charge in [-0.15, -0.1) is 0 Å². The minimum atomic E-state index is -4.89. The molecule has 37 heavy (non-hydrogen) atoms. The fourth-order valence-corrected chi connectivity index (χ4v) is 4.78. The van der Waals surface area contributed by atoms with Crippen LogP contribution in [0, 0.1) is 11.6 Å². The Labute approximate surface area is 215 Å². The third kappa shape index (κ3) is 5.37. The minimum Gasteiger partial charge on any atom is -0.341 e. The highest BCUT2D eigenvalue weighted by molar-refractivity contribution is 7.84. The zero-order valence-electron chi connectivity index (χ0n) is 19.2. The normalized spacial score (nSPS) is 16.6. The maximum atomic E-state index is 14.0. The molecule has 0 aliphatic carbocycles. The summed E-state index contributed by atoms with van der Waals surface area (Å²) in [6.45, 7) is 1.62. The minimum absolute atomic E-state index is 0.0173. The van der Waals surface area contributed by atoms with Crippen molar-refractivity contribution in [1.29, 1.82) is 0 Å². The van der Waals surface area contributed by atoms with Gasteiger partial charge in [0.25, 0.3) is 11.8 Å². The lowest BCUT2D eigenvalue weighted by atomic mass is 9.93. The van der Waals surface area contributed by atoms with Gasteiger partial charge in [0.1, 0.15) is 11.6 Å². The van der Waals surface area contributed by atoms with Gasteiger partial charge in [0.05, 0.1) is 16.9 Å². The molecule has 0 saturated carbocycles. The van der Waals surface area contributed by atoms with E-state index in [-0.39, 0.29) is 33.5 Å². The van der Waals surface area contributed by atoms with Gasteiger partial charge in [0.15, 0.2) is 0 Å². The molecule has 3 unspecified atom stereocenters. The molecule has 0 fully saturated rings. The second kappa shape index (κ2) is 9.86. The smallest absolute Gasteiger partial charge is 0.341 e. The molecule has 1 aliphatic heterocycles. The molecule has 3 aromatic carbocycles. The standard InChI is InChI=1S/C25H18ClF5N2O3S/c1-11(37(2)36)12-7-18-21(22(33-24(18)35)17-10-15(27)3-4-19(17)26)20(8-12)32-23(34)13-5-14(25(29,30)31)9-16(28)6-13/h3-11,22H,1-2H3,(H,32,34)(H,33,35). The van der Waals surface area contributed by atoms with Crippen LogP contribution in [0.2, 0.25) is 5.02 Å². The summed E-state index contributed by atoms with van der Waals surface area (Å²) < 4.78 is 79.6. The van der Waals surface area contributed by atoms with Crippen LogP contribution in [-0.4, -0.2) is 22.3 Å². The molecule has 5 nitrogen and oxygen atoms in total. The monoisotopic (exact) mass is 556 g/mol. The van der Waals surface area contributed by atoms with E-state index >= 15 is 0 Å². The van der Waals surface area contributed by atoms with Crippen LogP contribution in [0.4, 0.5) is 27.6 Å². The third-order valence-corrected chi connectivity index (χ3v) is 7.60. The number of alkyl halides is 3. The van der Waals surface area contributed by atoms with Crippen LogP contribution in [0.3, 0.4) is 0 Å². The first-order chi connectivity index (χ1) is 17.3. The van der Waals surface area contributed by atoms with Crippen LogP contribution in [0.1, 0.15) is 61.2 Å². The van der Waals surface area contributed by atoms with Crippen molar-refractivity contribution in [3.8, 4) is 0 Å². The van der Waals surface area contributed by atoms with Crippen molar-refractivity contribution >= 4 is 39.9 Å². The van der Waals surface area contributed by atoms with E-state index in [1.807, 2.05) is 0 Å². The van der Waals surface area contributed by atoms with Gasteiger partial charge in [-0.05, 0) is 61.0 Å². The van der Waals surface area contributed by atoms with Crippen LogP contribution in [0.25, 0.3) is 0 Å².